The molecule has 0 saturated heterocycles. The maximum atomic E-state index is 12.3. The van der Waals surface area contributed by atoms with Crippen LogP contribution in [0.3, 0.4) is 0 Å². The maximum absolute atomic E-state index is 12.3. The zero-order valence-corrected chi connectivity index (χ0v) is 12.3. The van der Waals surface area contributed by atoms with Gasteiger partial charge in [-0.2, -0.15) is 5.10 Å². The molecule has 0 atom stereocenters. The molecule has 0 unspecified atom stereocenters. The number of nitrogens with one attached hydrogen (secondary N) is 1. The number of hydrogen-bond acceptors (Lipinski definition) is 3. The average molecular weight is 285 g/mol. The SMILES string of the molecule is CC(C)c1ccc(NC(=O)c2cnn3c2OCCC3)cc1. The topological polar surface area (TPSA) is 56.2 Å². The van der Waals surface area contributed by atoms with E-state index in [0.717, 1.165) is 18.7 Å². The lowest BCUT2D eigenvalue weighted by atomic mass is 10.0. The molecule has 1 N–H and O–H groups in total. The fourth-order valence-corrected chi connectivity index (χ4v) is 2.37. The van der Waals surface area contributed by atoms with Crippen LogP contribution in [0, 0.1) is 0 Å². The molecule has 5 nitrogen and oxygen atoms in total. The van der Waals surface area contributed by atoms with Crippen molar-refractivity contribution in [3.8, 4) is 5.88 Å². The van der Waals surface area contributed by atoms with E-state index >= 15 is 0 Å². The van der Waals surface area contributed by atoms with Gasteiger partial charge in [0.25, 0.3) is 5.91 Å². The standard InChI is InChI=1S/C16H19N3O2/c1-11(2)12-4-6-13(7-5-12)18-15(20)14-10-17-19-8-3-9-21-16(14)19/h4-7,10-11H,3,8-9H2,1-2H3,(H,18,20). The predicted molar refractivity (Wildman–Crippen MR) is 80.8 cm³/mol. The Kier molecular flexibility index (Phi) is 3.64. The van der Waals surface area contributed by atoms with Gasteiger partial charge >= 0.3 is 0 Å². The van der Waals surface area contributed by atoms with E-state index in [2.05, 4.69) is 24.3 Å². The highest BCUT2D eigenvalue weighted by atomic mass is 16.5. The van der Waals surface area contributed by atoms with Crippen LogP contribution in [0.25, 0.3) is 0 Å². The third-order valence-corrected chi connectivity index (χ3v) is 3.62. The number of rotatable bonds is 3. The molecule has 1 aromatic heterocycles. The van der Waals surface area contributed by atoms with E-state index in [0.29, 0.717) is 24.0 Å². The van der Waals surface area contributed by atoms with Gasteiger partial charge in [0.05, 0.1) is 12.8 Å². The van der Waals surface area contributed by atoms with Crippen molar-refractivity contribution in [3.05, 3.63) is 41.6 Å². The highest BCUT2D eigenvalue weighted by Crippen LogP contribution is 2.24. The Morgan fingerprint density at radius 1 is 1.33 bits per heavy atom. The summed E-state index contributed by atoms with van der Waals surface area (Å²) in [6, 6.07) is 7.91. The van der Waals surface area contributed by atoms with Crippen molar-refractivity contribution in [3.63, 3.8) is 0 Å². The summed E-state index contributed by atoms with van der Waals surface area (Å²) in [6.07, 6.45) is 2.49. The summed E-state index contributed by atoms with van der Waals surface area (Å²) in [6.45, 7) is 5.72. The summed E-state index contributed by atoms with van der Waals surface area (Å²) in [4.78, 5) is 12.3. The molecule has 21 heavy (non-hydrogen) atoms. The summed E-state index contributed by atoms with van der Waals surface area (Å²) >= 11 is 0. The van der Waals surface area contributed by atoms with E-state index in [-0.39, 0.29) is 5.91 Å². The minimum Gasteiger partial charge on any atom is -0.477 e. The molecule has 1 aliphatic rings. The van der Waals surface area contributed by atoms with Crippen molar-refractivity contribution >= 4 is 11.6 Å². The van der Waals surface area contributed by atoms with E-state index in [4.69, 9.17) is 4.74 Å². The Morgan fingerprint density at radius 2 is 2.10 bits per heavy atom. The molecule has 5 heteroatoms. The van der Waals surface area contributed by atoms with Crippen molar-refractivity contribution in [2.75, 3.05) is 11.9 Å². The van der Waals surface area contributed by atoms with Crippen LogP contribution < -0.4 is 10.1 Å². The third kappa shape index (κ3) is 2.77. The fourth-order valence-electron chi connectivity index (χ4n) is 2.37. The van der Waals surface area contributed by atoms with Crippen molar-refractivity contribution in [2.24, 2.45) is 0 Å². The van der Waals surface area contributed by atoms with Crippen LogP contribution in [-0.2, 0) is 6.54 Å². The fraction of sp³-hybridized carbons (Fsp3) is 0.375. The summed E-state index contributed by atoms with van der Waals surface area (Å²) < 4.78 is 7.28. The quantitative estimate of drug-likeness (QED) is 0.943. The Morgan fingerprint density at radius 3 is 2.81 bits per heavy atom. The molecule has 110 valence electrons. The van der Waals surface area contributed by atoms with Gasteiger partial charge in [0.2, 0.25) is 5.88 Å². The first kappa shape index (κ1) is 13.7. The van der Waals surface area contributed by atoms with E-state index in [1.54, 1.807) is 10.9 Å². The summed E-state index contributed by atoms with van der Waals surface area (Å²) in [5, 5.41) is 7.08. The zero-order chi connectivity index (χ0) is 14.8. The zero-order valence-electron chi connectivity index (χ0n) is 12.3. The van der Waals surface area contributed by atoms with Gasteiger partial charge in [-0.3, -0.25) is 4.79 Å². The normalized spacial score (nSPS) is 13.7. The molecule has 2 heterocycles. The van der Waals surface area contributed by atoms with E-state index in [1.807, 2.05) is 24.3 Å². The second-order valence-electron chi connectivity index (χ2n) is 5.52. The molecule has 1 aliphatic heterocycles. The predicted octanol–water partition coefficient (Wildman–Crippen LogP) is 3.04. The van der Waals surface area contributed by atoms with Gasteiger partial charge in [0.15, 0.2) is 0 Å². The largest absolute Gasteiger partial charge is 0.477 e. The van der Waals surface area contributed by atoms with Crippen LogP contribution >= 0.6 is 0 Å². The number of anilines is 1. The number of amides is 1. The molecule has 1 aromatic carbocycles. The van der Waals surface area contributed by atoms with Gasteiger partial charge in [-0.25, -0.2) is 4.68 Å². The first-order chi connectivity index (χ1) is 10.1. The first-order valence-electron chi connectivity index (χ1n) is 7.25. The highest BCUT2D eigenvalue weighted by molar-refractivity contribution is 6.05. The Bertz CT molecular complexity index is 644. The molecule has 1 amide bonds. The number of aromatic nitrogens is 2. The molecule has 0 saturated carbocycles. The lowest BCUT2D eigenvalue weighted by Crippen LogP contribution is -2.18. The monoisotopic (exact) mass is 285 g/mol. The third-order valence-electron chi connectivity index (χ3n) is 3.62. The van der Waals surface area contributed by atoms with E-state index in [9.17, 15) is 4.79 Å². The molecule has 0 bridgehead atoms. The van der Waals surface area contributed by atoms with Gasteiger partial charge in [0.1, 0.15) is 5.56 Å². The molecular formula is C16H19N3O2. The lowest BCUT2D eigenvalue weighted by molar-refractivity contribution is 0.102. The molecule has 0 radical (unpaired) electrons. The van der Waals surface area contributed by atoms with E-state index < -0.39 is 0 Å². The van der Waals surface area contributed by atoms with Crippen molar-refractivity contribution in [1.29, 1.82) is 0 Å². The first-order valence-corrected chi connectivity index (χ1v) is 7.25. The average Bonchev–Trinajstić information content (AvgIpc) is 2.92. The Hall–Kier alpha value is -2.30. The van der Waals surface area contributed by atoms with Crippen molar-refractivity contribution < 1.29 is 9.53 Å². The van der Waals surface area contributed by atoms with Gasteiger partial charge in [-0.1, -0.05) is 26.0 Å². The van der Waals surface area contributed by atoms with Crippen LogP contribution in [0.4, 0.5) is 5.69 Å². The van der Waals surface area contributed by atoms with Gasteiger partial charge < -0.3 is 10.1 Å². The number of carbonyl (C=O) groups is 1. The molecule has 0 aliphatic carbocycles. The molecular weight excluding hydrogens is 266 g/mol. The van der Waals surface area contributed by atoms with Crippen LogP contribution in [0.5, 0.6) is 5.88 Å². The van der Waals surface area contributed by atoms with Crippen LogP contribution in [0.2, 0.25) is 0 Å². The van der Waals surface area contributed by atoms with Crippen LogP contribution in [-0.4, -0.2) is 22.3 Å². The number of nitrogens with zero attached hydrogens (tertiary/aromatic N) is 2. The second kappa shape index (κ2) is 5.60. The number of fused-ring (bicyclic) bond motifs is 1. The van der Waals surface area contributed by atoms with Gasteiger partial charge in [-0.05, 0) is 23.6 Å². The molecule has 0 fully saturated rings. The Balaban J connectivity index is 1.75. The van der Waals surface area contributed by atoms with Crippen LogP contribution in [0.15, 0.2) is 30.5 Å². The van der Waals surface area contributed by atoms with Crippen molar-refractivity contribution in [2.45, 2.75) is 32.7 Å². The molecule has 2 aromatic rings. The second-order valence-corrected chi connectivity index (χ2v) is 5.52. The van der Waals surface area contributed by atoms with E-state index in [1.165, 1.54) is 5.56 Å². The minimum absolute atomic E-state index is 0.185. The van der Waals surface area contributed by atoms with Crippen LogP contribution in [0.1, 0.15) is 42.1 Å². The lowest BCUT2D eigenvalue weighted by Gasteiger charge is -2.16. The summed E-state index contributed by atoms with van der Waals surface area (Å²) in [5.41, 5.74) is 2.52. The maximum Gasteiger partial charge on any atom is 0.262 e. The minimum atomic E-state index is -0.185. The van der Waals surface area contributed by atoms with Gasteiger partial charge in [-0.15, -0.1) is 0 Å². The van der Waals surface area contributed by atoms with Gasteiger partial charge in [0, 0.05) is 18.7 Å². The highest BCUT2D eigenvalue weighted by Gasteiger charge is 2.21. The number of ether oxygens (including phenoxy) is 1. The smallest absolute Gasteiger partial charge is 0.262 e. The molecule has 3 rings (SSSR count). The summed E-state index contributed by atoms with van der Waals surface area (Å²) in [5.74, 6) is 0.860. The summed E-state index contributed by atoms with van der Waals surface area (Å²) in [7, 11) is 0. The Labute approximate surface area is 123 Å². The molecule has 0 spiro atoms. The number of aryl methyl sites for hydroxylation is 1. The number of benzene rings is 1. The van der Waals surface area contributed by atoms with Crippen molar-refractivity contribution in [1.82, 2.24) is 9.78 Å². The number of hydrogen-bond donors (Lipinski definition) is 1. The number of carbonyl (C=O) groups excluding carboxylic acids is 1.